The van der Waals surface area contributed by atoms with Crippen LogP contribution in [0.2, 0.25) is 0 Å². The highest BCUT2D eigenvalue weighted by Gasteiger charge is 2.72. The summed E-state index contributed by atoms with van der Waals surface area (Å²) >= 11 is 15.8. The Morgan fingerprint density at radius 3 is 1.85 bits per heavy atom. The van der Waals surface area contributed by atoms with Gasteiger partial charge in [0.1, 0.15) is 38.3 Å². The first kappa shape index (κ1) is 47.5. The predicted molar refractivity (Wildman–Crippen MR) is 257 cm³/mol. The molecule has 62 heavy (non-hydrogen) atoms. The van der Waals surface area contributed by atoms with Crippen molar-refractivity contribution in [3.05, 3.63) is 12.2 Å². The minimum absolute atomic E-state index is 0.0844. The SMILES string of the molecule is C=C(C)[C@@H]1CC[C@]2(CC(CC(Br)C(=O)[O-])C3CN4CC[N+]3(Br)CC4)CC[C@]3(C)[C@H](CC[C@@H]4[C@@]5(C)CCC(C(CC(Br)C(=O)[O-])C6CN7CC[N+]6(Br)CC7)C(C)(C)[C@@H]5CC[C@]43C)[C@@H]12. The Kier molecular flexibility index (Phi) is 12.7. The van der Waals surface area contributed by atoms with Gasteiger partial charge in [-0.2, -0.15) is 0 Å². The average Bonchev–Trinajstić information content (AvgIpc) is 3.60. The molecule has 7 unspecified atom stereocenters. The third kappa shape index (κ3) is 7.35. The van der Waals surface area contributed by atoms with Gasteiger partial charge in [-0.15, -0.1) is 0 Å². The summed E-state index contributed by atoms with van der Waals surface area (Å²) in [6.07, 6.45) is 14.9. The van der Waals surface area contributed by atoms with E-state index < -0.39 is 21.6 Å². The molecule has 6 aliphatic heterocycles. The first-order chi connectivity index (χ1) is 29.0. The van der Waals surface area contributed by atoms with E-state index in [2.05, 4.69) is 115 Å². The van der Waals surface area contributed by atoms with Crippen molar-refractivity contribution in [3.8, 4) is 0 Å². The molecule has 5 saturated carbocycles. The Morgan fingerprint density at radius 1 is 0.710 bits per heavy atom. The fourth-order valence-corrected chi connectivity index (χ4v) is 21.6. The van der Waals surface area contributed by atoms with Crippen LogP contribution in [0.4, 0.5) is 0 Å². The number of hydrogen-bond donors (Lipinski definition) is 0. The summed E-state index contributed by atoms with van der Waals surface area (Å²) < 4.78 is 1.82. The molecule has 11 rings (SSSR count). The van der Waals surface area contributed by atoms with Crippen LogP contribution < -0.4 is 10.2 Å². The van der Waals surface area contributed by atoms with Crippen LogP contribution in [0.3, 0.4) is 0 Å². The second-order valence-corrected chi connectivity index (χ2v) is 29.7. The number of piperazine rings is 6. The second kappa shape index (κ2) is 16.6. The highest BCUT2D eigenvalue weighted by atomic mass is 79.9. The van der Waals surface area contributed by atoms with Crippen LogP contribution in [0.15, 0.2) is 12.2 Å². The molecule has 350 valence electrons. The van der Waals surface area contributed by atoms with E-state index in [1.165, 1.54) is 69.8 Å². The first-order valence-electron chi connectivity index (χ1n) is 24.9. The van der Waals surface area contributed by atoms with Gasteiger partial charge < -0.3 is 19.8 Å². The van der Waals surface area contributed by atoms with Crippen molar-refractivity contribution in [2.75, 3.05) is 65.4 Å². The molecule has 16 atom stereocenters. The van der Waals surface area contributed by atoms with E-state index in [9.17, 15) is 19.8 Å². The van der Waals surface area contributed by atoms with Crippen molar-refractivity contribution in [3.63, 3.8) is 0 Å². The van der Waals surface area contributed by atoms with E-state index in [1.54, 1.807) is 0 Å². The number of carbonyl (C=O) groups excluding carboxylic acids is 2. The quantitative estimate of drug-likeness (QED) is 0.111. The van der Waals surface area contributed by atoms with E-state index >= 15 is 0 Å². The molecule has 0 amide bonds. The van der Waals surface area contributed by atoms with Crippen molar-refractivity contribution < 1.29 is 26.8 Å². The van der Waals surface area contributed by atoms with Gasteiger partial charge in [0.15, 0.2) is 0 Å². The first-order valence-corrected chi connectivity index (χ1v) is 28.2. The largest absolute Gasteiger partial charge is 0.549 e. The van der Waals surface area contributed by atoms with Gasteiger partial charge in [0.2, 0.25) is 32.3 Å². The van der Waals surface area contributed by atoms with Crippen LogP contribution in [0, 0.1) is 74.4 Å². The molecular formula is C50H78Br4N4O4. The van der Waals surface area contributed by atoms with Crippen molar-refractivity contribution >= 4 is 76.1 Å². The summed E-state index contributed by atoms with van der Waals surface area (Å²) in [5.41, 5.74) is 2.36. The number of carboxylic acid groups (broad SMARTS) is 2. The zero-order valence-corrected chi connectivity index (χ0v) is 45.2. The zero-order chi connectivity index (χ0) is 44.6. The predicted octanol–water partition coefficient (Wildman–Crippen LogP) is 8.34. The van der Waals surface area contributed by atoms with Crippen molar-refractivity contribution in [2.45, 2.75) is 147 Å². The molecule has 12 heteroatoms. The van der Waals surface area contributed by atoms with E-state index in [4.69, 9.17) is 6.58 Å². The second-order valence-electron chi connectivity index (χ2n) is 24.7. The number of carbonyl (C=O) groups is 2. The summed E-state index contributed by atoms with van der Waals surface area (Å²) in [5, 5.41) is 24.8. The molecule has 5 aliphatic carbocycles. The summed E-state index contributed by atoms with van der Waals surface area (Å²) in [6.45, 7) is 31.4. The maximum absolute atomic E-state index is 12.4. The third-order valence-electron chi connectivity index (χ3n) is 22.3. The van der Waals surface area contributed by atoms with E-state index in [-0.39, 0.29) is 27.1 Å². The molecule has 0 aromatic heterocycles. The summed E-state index contributed by atoms with van der Waals surface area (Å²) in [4.78, 5) is 28.8. The minimum atomic E-state index is -0.970. The lowest BCUT2D eigenvalue weighted by Crippen LogP contribution is -2.71. The molecule has 0 aromatic rings. The summed E-state index contributed by atoms with van der Waals surface area (Å²) in [7, 11) is 0. The van der Waals surface area contributed by atoms with Crippen LogP contribution in [0.25, 0.3) is 0 Å². The van der Waals surface area contributed by atoms with Gasteiger partial charge in [-0.1, -0.05) is 78.6 Å². The van der Waals surface area contributed by atoms with Gasteiger partial charge in [0, 0.05) is 38.0 Å². The molecule has 6 saturated heterocycles. The lowest BCUT2D eigenvalue weighted by atomic mass is 9.31. The smallest absolute Gasteiger partial charge is 0.227 e. The number of aliphatic carboxylic acids is 2. The van der Waals surface area contributed by atoms with Gasteiger partial charge in [-0.3, -0.25) is 16.8 Å². The summed E-state index contributed by atoms with van der Waals surface area (Å²) in [5.74, 6) is 2.12. The zero-order valence-electron chi connectivity index (χ0n) is 38.8. The normalized spacial score (nSPS) is 50.9. The lowest BCUT2D eigenvalue weighted by molar-refractivity contribution is -0.832. The molecule has 0 spiro atoms. The van der Waals surface area contributed by atoms with E-state index in [0.29, 0.717) is 72.3 Å². The molecule has 0 N–H and O–H groups in total. The summed E-state index contributed by atoms with van der Waals surface area (Å²) in [6, 6.07) is 0.770. The molecule has 11 fully saturated rings. The van der Waals surface area contributed by atoms with Crippen molar-refractivity contribution in [1.29, 1.82) is 0 Å². The Morgan fingerprint density at radius 2 is 1.29 bits per heavy atom. The molecular weight excluding hydrogens is 1040 g/mol. The van der Waals surface area contributed by atoms with Crippen molar-refractivity contribution in [1.82, 2.24) is 9.80 Å². The molecule has 6 heterocycles. The number of alkyl halides is 2. The Bertz CT molecular complexity index is 1770. The molecule has 8 nitrogen and oxygen atoms in total. The Balaban J connectivity index is 1.01. The maximum Gasteiger partial charge on any atom is 0.227 e. The fraction of sp³-hybridized carbons (Fsp3) is 0.920. The van der Waals surface area contributed by atoms with E-state index in [0.717, 1.165) is 78.9 Å². The molecule has 11 aliphatic rings. The Labute approximate surface area is 408 Å². The molecule has 0 radical (unpaired) electrons. The number of hydrogen-bond acceptors (Lipinski definition) is 6. The number of halogens is 4. The van der Waals surface area contributed by atoms with Crippen LogP contribution >= 0.6 is 64.2 Å². The van der Waals surface area contributed by atoms with Crippen molar-refractivity contribution in [2.24, 2.45) is 74.4 Å². The number of nitrogens with zero attached hydrogens (tertiary/aromatic N) is 4. The van der Waals surface area contributed by atoms with Crippen LogP contribution in [-0.2, 0) is 9.59 Å². The lowest BCUT2D eigenvalue weighted by Gasteiger charge is -2.73. The van der Waals surface area contributed by atoms with Gasteiger partial charge >= 0.3 is 0 Å². The molecule has 0 aromatic carbocycles. The van der Waals surface area contributed by atoms with E-state index in [1.807, 2.05) is 0 Å². The standard InChI is InChI=1S/C50H78Br4N4O4/c1-31(2)33-10-15-50(28-32(26-37(51)44(59)60)39-29-55-18-22-57(39,53)23-19-55)17-16-48(6)36(43(33)50)8-9-42-47(5)13-11-35(46(3,4)41(47)12-14-49(42,48)7)34(27-38(52)45(61)62)40-30-56-20-24-58(40,54)25-21-56/h32-43H,1,8-30H2,2-7H3/t32?,33-,34?,35?,36+,37?,38?,39?,40?,41-,42+,43+,47-,48+,49+,50+/m0/s1. The van der Waals surface area contributed by atoms with Crippen LogP contribution in [0.5, 0.6) is 0 Å². The van der Waals surface area contributed by atoms with Crippen LogP contribution in [0.1, 0.15) is 125 Å². The Hall–Kier alpha value is 0.440. The van der Waals surface area contributed by atoms with Crippen LogP contribution in [-0.4, -0.2) is 116 Å². The number of quaternary nitrogens is 2. The molecule has 4 bridgehead atoms. The monoisotopic (exact) mass is 1110 g/mol. The fourth-order valence-electron chi connectivity index (χ4n) is 19.2. The van der Waals surface area contributed by atoms with Gasteiger partial charge in [0.25, 0.3) is 0 Å². The number of rotatable bonds is 12. The minimum Gasteiger partial charge on any atom is -0.549 e. The topological polar surface area (TPSA) is 86.7 Å². The maximum atomic E-state index is 12.4. The number of allylic oxidation sites excluding steroid dienone is 1. The average molecular weight is 1120 g/mol. The van der Waals surface area contributed by atoms with Gasteiger partial charge in [-0.05, 0) is 153 Å². The third-order valence-corrected chi connectivity index (χ3v) is 26.3. The highest BCUT2D eigenvalue weighted by molar-refractivity contribution is 9.10. The van der Waals surface area contributed by atoms with Gasteiger partial charge in [0.05, 0.1) is 34.7 Å². The number of fused-ring (bicyclic) bond motifs is 13. The van der Waals surface area contributed by atoms with Gasteiger partial charge in [-0.25, -0.2) is 0 Å². The highest BCUT2D eigenvalue weighted by Crippen LogP contribution is 2.79. The number of carboxylic acids is 2.